The lowest BCUT2D eigenvalue weighted by Crippen LogP contribution is -2.36. The molecule has 1 amide bonds. The van der Waals surface area contributed by atoms with Crippen molar-refractivity contribution in [2.45, 2.75) is 36.2 Å². The van der Waals surface area contributed by atoms with Crippen molar-refractivity contribution in [3.05, 3.63) is 42.0 Å². The molecule has 0 atom stereocenters. The number of fused-ring (bicyclic) bond motifs is 1. The lowest BCUT2D eigenvalue weighted by Gasteiger charge is -2.26. The molecule has 3 aromatic rings. The smallest absolute Gasteiger partial charge is 0.243 e. The molecule has 2 heterocycles. The Morgan fingerprint density at radius 2 is 1.97 bits per heavy atom. The van der Waals surface area contributed by atoms with E-state index in [4.69, 9.17) is 4.74 Å². The third-order valence-corrected chi connectivity index (χ3v) is 8.33. The quantitative estimate of drug-likeness (QED) is 0.505. The van der Waals surface area contributed by atoms with Crippen LogP contribution in [0.25, 0.3) is 11.0 Å². The number of H-pyrrole nitrogens is 1. The maximum absolute atomic E-state index is 13.1. The largest absolute Gasteiger partial charge is 0.497 e. The summed E-state index contributed by atoms with van der Waals surface area (Å²) in [5.74, 6) is 0.627. The molecule has 0 unspecified atom stereocenters. The van der Waals surface area contributed by atoms with Crippen LogP contribution in [-0.4, -0.2) is 54.6 Å². The minimum atomic E-state index is -3.58. The first-order valence-electron chi connectivity index (χ1n) is 10.4. The van der Waals surface area contributed by atoms with Gasteiger partial charge in [0.25, 0.3) is 0 Å². The van der Waals surface area contributed by atoms with E-state index in [9.17, 15) is 13.2 Å². The second-order valence-corrected chi connectivity index (χ2v) is 10.6. The van der Waals surface area contributed by atoms with Crippen LogP contribution in [0.1, 0.15) is 24.8 Å². The third kappa shape index (κ3) is 4.92. The van der Waals surface area contributed by atoms with Gasteiger partial charge in [-0.25, -0.2) is 13.4 Å². The van der Waals surface area contributed by atoms with Gasteiger partial charge in [-0.3, -0.25) is 4.79 Å². The van der Waals surface area contributed by atoms with Gasteiger partial charge in [-0.15, -0.1) is 0 Å². The Morgan fingerprint density at radius 1 is 1.19 bits per heavy atom. The van der Waals surface area contributed by atoms with E-state index < -0.39 is 10.0 Å². The molecule has 1 aliphatic heterocycles. The van der Waals surface area contributed by atoms with Gasteiger partial charge in [0.2, 0.25) is 15.9 Å². The van der Waals surface area contributed by atoms with Crippen molar-refractivity contribution in [2.24, 2.45) is 0 Å². The number of carbonyl (C=O) groups is 1. The topological polar surface area (TPSA) is 104 Å². The minimum absolute atomic E-state index is 0.138. The Labute approximate surface area is 191 Å². The molecule has 0 bridgehead atoms. The molecule has 0 saturated carbocycles. The summed E-state index contributed by atoms with van der Waals surface area (Å²) in [7, 11) is -1.97. The van der Waals surface area contributed by atoms with Crippen LogP contribution in [0.4, 0.5) is 5.69 Å². The number of benzene rings is 2. The van der Waals surface area contributed by atoms with Crippen LogP contribution in [0.15, 0.2) is 46.5 Å². The fraction of sp³-hybridized carbons (Fsp3) is 0.364. The van der Waals surface area contributed by atoms with Gasteiger partial charge < -0.3 is 15.0 Å². The van der Waals surface area contributed by atoms with Crippen molar-refractivity contribution in [3.8, 4) is 5.75 Å². The van der Waals surface area contributed by atoms with Crippen LogP contribution in [0, 0.1) is 6.92 Å². The molecule has 0 radical (unpaired) electrons. The SMILES string of the molecule is COc1ccc2nc(SCC(=O)Nc3ccc(C)c(S(=O)(=O)N4CCCCC4)c3)[nH]c2c1. The number of anilines is 1. The van der Waals surface area contributed by atoms with Crippen molar-refractivity contribution in [3.63, 3.8) is 0 Å². The number of aromatic nitrogens is 2. The van der Waals surface area contributed by atoms with Crippen LogP contribution >= 0.6 is 11.8 Å². The maximum Gasteiger partial charge on any atom is 0.243 e. The van der Waals surface area contributed by atoms with E-state index in [0.29, 0.717) is 29.5 Å². The molecule has 8 nitrogen and oxygen atoms in total. The molecule has 1 aromatic heterocycles. The van der Waals surface area contributed by atoms with Crippen LogP contribution in [-0.2, 0) is 14.8 Å². The number of nitrogens with one attached hydrogen (secondary N) is 2. The molecular formula is C22H26N4O4S2. The summed E-state index contributed by atoms with van der Waals surface area (Å²) in [4.78, 5) is 20.4. The highest BCUT2D eigenvalue weighted by molar-refractivity contribution is 7.99. The number of rotatable bonds is 7. The summed E-state index contributed by atoms with van der Waals surface area (Å²) in [5, 5.41) is 3.43. The molecule has 1 aliphatic rings. The van der Waals surface area contributed by atoms with Crippen LogP contribution in [0.2, 0.25) is 0 Å². The van der Waals surface area contributed by atoms with Crippen LogP contribution in [0.3, 0.4) is 0 Å². The molecule has 2 N–H and O–H groups in total. The second-order valence-electron chi connectivity index (χ2n) is 7.71. The molecule has 1 saturated heterocycles. The van der Waals surface area contributed by atoms with E-state index >= 15 is 0 Å². The Bertz CT molecular complexity index is 1230. The summed E-state index contributed by atoms with van der Waals surface area (Å²) >= 11 is 1.28. The van der Waals surface area contributed by atoms with E-state index in [2.05, 4.69) is 15.3 Å². The zero-order valence-electron chi connectivity index (χ0n) is 18.1. The molecule has 0 spiro atoms. The average molecular weight is 475 g/mol. The monoisotopic (exact) mass is 474 g/mol. The van der Waals surface area contributed by atoms with E-state index in [1.807, 2.05) is 18.2 Å². The van der Waals surface area contributed by atoms with Gasteiger partial charge in [0, 0.05) is 24.8 Å². The predicted octanol–water partition coefficient (Wildman–Crippen LogP) is 3.79. The van der Waals surface area contributed by atoms with Crippen molar-refractivity contribution < 1.29 is 17.9 Å². The first kappa shape index (κ1) is 22.6. The first-order chi connectivity index (χ1) is 15.4. The Hall–Kier alpha value is -2.56. The van der Waals surface area contributed by atoms with Gasteiger partial charge in [-0.2, -0.15) is 4.31 Å². The van der Waals surface area contributed by atoms with Gasteiger partial charge in [0.05, 0.1) is 28.8 Å². The fourth-order valence-electron chi connectivity index (χ4n) is 3.69. The number of imidazole rings is 1. The number of carbonyl (C=O) groups excluding carboxylic acids is 1. The number of hydrogen-bond donors (Lipinski definition) is 2. The van der Waals surface area contributed by atoms with Gasteiger partial charge in [0.15, 0.2) is 5.16 Å². The van der Waals surface area contributed by atoms with Crippen molar-refractivity contribution in [1.29, 1.82) is 0 Å². The number of thioether (sulfide) groups is 1. The molecule has 4 rings (SSSR count). The molecule has 0 aliphatic carbocycles. The normalized spacial score (nSPS) is 15.1. The molecule has 2 aromatic carbocycles. The zero-order valence-corrected chi connectivity index (χ0v) is 19.7. The number of methoxy groups -OCH3 is 1. The number of ether oxygens (including phenoxy) is 1. The van der Waals surface area contributed by atoms with E-state index in [-0.39, 0.29) is 16.6 Å². The summed E-state index contributed by atoms with van der Waals surface area (Å²) < 4.78 is 32.9. The Morgan fingerprint density at radius 3 is 2.72 bits per heavy atom. The fourth-order valence-corrected chi connectivity index (χ4v) is 6.14. The Balaban J connectivity index is 1.42. The standard InChI is InChI=1S/C22H26N4O4S2/c1-15-6-7-16(12-20(15)32(28,29)26-10-4-3-5-11-26)23-21(27)14-31-22-24-18-9-8-17(30-2)13-19(18)25-22/h6-9,12-13H,3-5,10-11,14H2,1-2H3,(H,23,27)(H,24,25). The number of amides is 1. The van der Waals surface area contributed by atoms with Crippen molar-refractivity contribution in [2.75, 3.05) is 31.3 Å². The first-order valence-corrected chi connectivity index (χ1v) is 12.9. The average Bonchev–Trinajstić information content (AvgIpc) is 3.21. The summed E-state index contributed by atoms with van der Waals surface area (Å²) in [6, 6.07) is 10.5. The van der Waals surface area contributed by atoms with E-state index in [1.54, 1.807) is 32.2 Å². The summed E-state index contributed by atoms with van der Waals surface area (Å²) in [6.07, 6.45) is 2.80. The van der Waals surface area contributed by atoms with Crippen molar-refractivity contribution in [1.82, 2.24) is 14.3 Å². The number of aryl methyl sites for hydroxylation is 1. The number of aromatic amines is 1. The highest BCUT2D eigenvalue weighted by atomic mass is 32.2. The zero-order chi connectivity index (χ0) is 22.7. The highest BCUT2D eigenvalue weighted by Gasteiger charge is 2.27. The van der Waals surface area contributed by atoms with Gasteiger partial charge >= 0.3 is 0 Å². The number of sulfonamides is 1. The van der Waals surface area contributed by atoms with Gasteiger partial charge in [0.1, 0.15) is 5.75 Å². The van der Waals surface area contributed by atoms with E-state index in [0.717, 1.165) is 36.0 Å². The number of piperidine rings is 1. The minimum Gasteiger partial charge on any atom is -0.497 e. The Kier molecular flexibility index (Phi) is 6.73. The maximum atomic E-state index is 13.1. The van der Waals surface area contributed by atoms with Gasteiger partial charge in [-0.1, -0.05) is 24.2 Å². The molecule has 10 heteroatoms. The van der Waals surface area contributed by atoms with E-state index in [1.165, 1.54) is 16.1 Å². The molecule has 1 fully saturated rings. The lowest BCUT2D eigenvalue weighted by molar-refractivity contribution is -0.113. The summed E-state index contributed by atoms with van der Waals surface area (Å²) in [5.41, 5.74) is 2.75. The molecule has 32 heavy (non-hydrogen) atoms. The predicted molar refractivity (Wildman–Crippen MR) is 126 cm³/mol. The third-order valence-electron chi connectivity index (χ3n) is 5.41. The second kappa shape index (κ2) is 9.51. The lowest BCUT2D eigenvalue weighted by atomic mass is 10.2. The van der Waals surface area contributed by atoms with Crippen LogP contribution in [0.5, 0.6) is 5.75 Å². The molecular weight excluding hydrogens is 448 g/mol. The number of hydrogen-bond acceptors (Lipinski definition) is 6. The summed E-state index contributed by atoms with van der Waals surface area (Å²) in [6.45, 7) is 2.85. The van der Waals surface area contributed by atoms with Crippen molar-refractivity contribution >= 4 is 44.4 Å². The number of nitrogens with zero attached hydrogens (tertiary/aromatic N) is 2. The highest BCUT2D eigenvalue weighted by Crippen LogP contribution is 2.27. The van der Waals surface area contributed by atoms with Gasteiger partial charge in [-0.05, 0) is 49.6 Å². The molecule has 170 valence electrons. The van der Waals surface area contributed by atoms with Crippen LogP contribution < -0.4 is 10.1 Å².